The Hall–Kier alpha value is 0. The molecular formula is C12H26. The summed E-state index contributed by atoms with van der Waals surface area (Å²) in [7, 11) is 0. The van der Waals surface area contributed by atoms with E-state index in [0.717, 1.165) is 5.92 Å². The van der Waals surface area contributed by atoms with Gasteiger partial charge in [0.1, 0.15) is 0 Å². The summed E-state index contributed by atoms with van der Waals surface area (Å²) in [6, 6.07) is 0. The van der Waals surface area contributed by atoms with Gasteiger partial charge in [-0.3, -0.25) is 0 Å². The van der Waals surface area contributed by atoms with E-state index in [4.69, 9.17) is 0 Å². The van der Waals surface area contributed by atoms with E-state index in [9.17, 15) is 0 Å². The zero-order valence-electron chi connectivity index (χ0n) is 9.99. The Labute approximate surface area is 78.8 Å². The second kappa shape index (κ2) is 3.81. The summed E-state index contributed by atoms with van der Waals surface area (Å²) < 4.78 is 0. The summed E-state index contributed by atoms with van der Waals surface area (Å²) in [5.74, 6) is 0.830. The van der Waals surface area contributed by atoms with Gasteiger partial charge < -0.3 is 0 Å². The SMILES string of the molecule is C[C@@H](CCC(C)(C)C)C(C)(C)C. The highest BCUT2D eigenvalue weighted by molar-refractivity contribution is 4.72. The summed E-state index contributed by atoms with van der Waals surface area (Å²) >= 11 is 0. The summed E-state index contributed by atoms with van der Waals surface area (Å²) in [5, 5.41) is 0. The van der Waals surface area contributed by atoms with Crippen molar-refractivity contribution in [1.82, 2.24) is 0 Å². The minimum absolute atomic E-state index is 0.477. The van der Waals surface area contributed by atoms with E-state index < -0.39 is 0 Å². The molecule has 0 aliphatic carbocycles. The first-order valence-corrected chi connectivity index (χ1v) is 5.13. The van der Waals surface area contributed by atoms with Crippen LogP contribution in [0.15, 0.2) is 0 Å². The monoisotopic (exact) mass is 170 g/mol. The highest BCUT2D eigenvalue weighted by Gasteiger charge is 2.21. The largest absolute Gasteiger partial charge is 0.0620 e. The van der Waals surface area contributed by atoms with Crippen LogP contribution < -0.4 is 0 Å². The summed E-state index contributed by atoms with van der Waals surface area (Å²) in [6.07, 6.45) is 2.69. The van der Waals surface area contributed by atoms with Gasteiger partial charge in [0.2, 0.25) is 0 Å². The molecule has 0 N–H and O–H groups in total. The molecule has 0 aromatic carbocycles. The first-order chi connectivity index (χ1) is 5.13. The molecule has 0 spiro atoms. The van der Waals surface area contributed by atoms with Crippen molar-refractivity contribution >= 4 is 0 Å². The molecule has 0 radical (unpaired) electrons. The Kier molecular flexibility index (Phi) is 3.81. The summed E-state index contributed by atoms with van der Waals surface area (Å²) in [5.41, 5.74) is 0.977. The molecule has 12 heavy (non-hydrogen) atoms. The number of hydrogen-bond donors (Lipinski definition) is 0. The Morgan fingerprint density at radius 3 is 1.58 bits per heavy atom. The zero-order chi connectivity index (χ0) is 9.99. The lowest BCUT2D eigenvalue weighted by molar-refractivity contribution is 0.213. The van der Waals surface area contributed by atoms with Crippen molar-refractivity contribution in [1.29, 1.82) is 0 Å². The maximum absolute atomic E-state index is 2.37. The van der Waals surface area contributed by atoms with E-state index in [1.807, 2.05) is 0 Å². The van der Waals surface area contributed by atoms with Gasteiger partial charge in [0.15, 0.2) is 0 Å². The second-order valence-electron chi connectivity index (χ2n) is 6.37. The first-order valence-electron chi connectivity index (χ1n) is 5.13. The molecule has 0 heteroatoms. The molecule has 0 rings (SSSR count). The molecule has 0 bridgehead atoms. The molecule has 0 aliphatic rings. The van der Waals surface area contributed by atoms with Crippen LogP contribution in [-0.2, 0) is 0 Å². The van der Waals surface area contributed by atoms with Crippen molar-refractivity contribution in [3.05, 3.63) is 0 Å². The van der Waals surface area contributed by atoms with Gasteiger partial charge in [-0.05, 0) is 29.6 Å². The molecule has 1 atom stereocenters. The lowest BCUT2D eigenvalue weighted by Crippen LogP contribution is -2.19. The van der Waals surface area contributed by atoms with Crippen LogP contribution in [0, 0.1) is 16.7 Å². The highest BCUT2D eigenvalue weighted by Crippen LogP contribution is 2.32. The molecule has 0 nitrogen and oxygen atoms in total. The Morgan fingerprint density at radius 2 is 1.33 bits per heavy atom. The maximum atomic E-state index is 2.37. The Morgan fingerprint density at radius 1 is 0.917 bits per heavy atom. The third-order valence-electron chi connectivity index (χ3n) is 2.81. The topological polar surface area (TPSA) is 0 Å². The predicted molar refractivity (Wildman–Crippen MR) is 57.3 cm³/mol. The van der Waals surface area contributed by atoms with Crippen molar-refractivity contribution in [2.45, 2.75) is 61.3 Å². The van der Waals surface area contributed by atoms with Gasteiger partial charge in [0.25, 0.3) is 0 Å². The van der Waals surface area contributed by atoms with Crippen LogP contribution in [0.2, 0.25) is 0 Å². The molecule has 0 aromatic rings. The standard InChI is InChI=1S/C12H26/c1-10(12(5,6)7)8-9-11(2,3)4/h10H,8-9H2,1-7H3/t10-/m0/s1. The van der Waals surface area contributed by atoms with E-state index in [1.165, 1.54) is 12.8 Å². The van der Waals surface area contributed by atoms with Gasteiger partial charge in [0.05, 0.1) is 0 Å². The third-order valence-corrected chi connectivity index (χ3v) is 2.81. The van der Waals surface area contributed by atoms with E-state index in [0.29, 0.717) is 10.8 Å². The van der Waals surface area contributed by atoms with Crippen LogP contribution >= 0.6 is 0 Å². The average Bonchev–Trinajstić information content (AvgIpc) is 1.78. The lowest BCUT2D eigenvalue weighted by Gasteiger charge is -2.30. The van der Waals surface area contributed by atoms with E-state index >= 15 is 0 Å². The molecule has 74 valence electrons. The molecule has 0 unspecified atom stereocenters. The summed E-state index contributed by atoms with van der Waals surface area (Å²) in [6.45, 7) is 16.3. The minimum Gasteiger partial charge on any atom is -0.0620 e. The quantitative estimate of drug-likeness (QED) is 0.572. The smallest absolute Gasteiger partial charge is 0.0357 e. The molecule has 0 aliphatic heterocycles. The molecule has 0 fully saturated rings. The van der Waals surface area contributed by atoms with Crippen LogP contribution in [0.25, 0.3) is 0 Å². The maximum Gasteiger partial charge on any atom is -0.0357 e. The third kappa shape index (κ3) is 5.62. The molecule has 0 saturated heterocycles. The van der Waals surface area contributed by atoms with Crippen molar-refractivity contribution in [3.8, 4) is 0 Å². The van der Waals surface area contributed by atoms with Gasteiger partial charge in [-0.15, -0.1) is 0 Å². The second-order valence-corrected chi connectivity index (χ2v) is 6.37. The van der Waals surface area contributed by atoms with Crippen LogP contribution in [0.1, 0.15) is 61.3 Å². The predicted octanol–water partition coefficient (Wildman–Crippen LogP) is 4.49. The molecule has 0 aromatic heterocycles. The van der Waals surface area contributed by atoms with Crippen molar-refractivity contribution < 1.29 is 0 Å². The van der Waals surface area contributed by atoms with Crippen LogP contribution in [0.3, 0.4) is 0 Å². The normalized spacial score (nSPS) is 16.2. The van der Waals surface area contributed by atoms with Crippen molar-refractivity contribution in [3.63, 3.8) is 0 Å². The Balaban J connectivity index is 3.80. The van der Waals surface area contributed by atoms with Crippen LogP contribution in [0.5, 0.6) is 0 Å². The fraction of sp³-hybridized carbons (Fsp3) is 1.00. The summed E-state index contributed by atoms with van der Waals surface area (Å²) in [4.78, 5) is 0. The first kappa shape index (κ1) is 12.0. The van der Waals surface area contributed by atoms with Crippen molar-refractivity contribution in [2.24, 2.45) is 16.7 Å². The van der Waals surface area contributed by atoms with Gasteiger partial charge in [0, 0.05) is 0 Å². The van der Waals surface area contributed by atoms with E-state index in [2.05, 4.69) is 48.5 Å². The van der Waals surface area contributed by atoms with Crippen LogP contribution in [-0.4, -0.2) is 0 Å². The molecule has 0 saturated carbocycles. The van der Waals surface area contributed by atoms with Gasteiger partial charge >= 0.3 is 0 Å². The number of rotatable bonds is 2. The molecular weight excluding hydrogens is 144 g/mol. The van der Waals surface area contributed by atoms with Gasteiger partial charge in [-0.2, -0.15) is 0 Å². The fourth-order valence-electron chi connectivity index (χ4n) is 1.08. The van der Waals surface area contributed by atoms with Crippen molar-refractivity contribution in [2.75, 3.05) is 0 Å². The minimum atomic E-state index is 0.477. The van der Waals surface area contributed by atoms with E-state index in [-0.39, 0.29) is 0 Å². The van der Waals surface area contributed by atoms with Gasteiger partial charge in [-0.1, -0.05) is 48.5 Å². The van der Waals surface area contributed by atoms with E-state index in [1.54, 1.807) is 0 Å². The fourth-order valence-corrected chi connectivity index (χ4v) is 1.08. The lowest BCUT2D eigenvalue weighted by atomic mass is 9.76. The van der Waals surface area contributed by atoms with Crippen LogP contribution in [0.4, 0.5) is 0 Å². The average molecular weight is 170 g/mol. The molecule has 0 amide bonds. The van der Waals surface area contributed by atoms with Gasteiger partial charge in [-0.25, -0.2) is 0 Å². The highest BCUT2D eigenvalue weighted by atomic mass is 14.3. The zero-order valence-corrected chi connectivity index (χ0v) is 9.99. The number of hydrogen-bond acceptors (Lipinski definition) is 0. The Bertz CT molecular complexity index is 120. The molecule has 0 heterocycles.